The van der Waals surface area contributed by atoms with Crippen molar-refractivity contribution in [2.75, 3.05) is 6.61 Å². The minimum atomic E-state index is -0.286. The molecule has 2 nitrogen and oxygen atoms in total. The minimum absolute atomic E-state index is 0.286. The average Bonchev–Trinajstić information content (AvgIpc) is 2.47. The Balaban J connectivity index is 2.23. The van der Waals surface area contributed by atoms with Gasteiger partial charge in [0.05, 0.1) is 12.2 Å². The highest BCUT2D eigenvalue weighted by Gasteiger charge is 2.10. The van der Waals surface area contributed by atoms with Gasteiger partial charge in [-0.05, 0) is 35.7 Å². The van der Waals surface area contributed by atoms with Crippen LogP contribution in [-0.2, 0) is 4.74 Å². The molecule has 0 aliphatic heterocycles. The Morgan fingerprint density at radius 3 is 2.55 bits per heavy atom. The number of carbonyl (C=O) groups excluding carboxylic acids is 1. The van der Waals surface area contributed by atoms with Crippen molar-refractivity contribution in [3.05, 3.63) is 54.1 Å². The summed E-state index contributed by atoms with van der Waals surface area (Å²) in [5.41, 5.74) is 2.58. The monoisotopic (exact) mass is 286 g/mol. The van der Waals surface area contributed by atoms with E-state index in [4.69, 9.17) is 4.74 Å². The van der Waals surface area contributed by atoms with Gasteiger partial charge in [0.2, 0.25) is 0 Å². The molecule has 0 aliphatic rings. The first kappa shape index (κ1) is 14.7. The van der Waals surface area contributed by atoms with E-state index in [1.807, 2.05) is 42.5 Å². The molecule has 2 aromatic rings. The van der Waals surface area contributed by atoms with Gasteiger partial charge in [-0.1, -0.05) is 43.7 Å². The Bertz CT molecular complexity index is 579. The summed E-state index contributed by atoms with van der Waals surface area (Å²) in [6, 6.07) is 15.5. The predicted octanol–water partition coefficient (Wildman–Crippen LogP) is 4.60. The lowest BCUT2D eigenvalue weighted by Gasteiger charge is -2.08. The van der Waals surface area contributed by atoms with E-state index in [0.29, 0.717) is 12.2 Å². The van der Waals surface area contributed by atoms with E-state index in [-0.39, 0.29) is 5.97 Å². The fraction of sp³-hybridized carbons (Fsp3) is 0.235. The molecule has 0 atom stereocenters. The van der Waals surface area contributed by atoms with Crippen LogP contribution in [0, 0.1) is 0 Å². The zero-order chi connectivity index (χ0) is 14.4. The molecular weight excluding hydrogens is 268 g/mol. The summed E-state index contributed by atoms with van der Waals surface area (Å²) in [5, 5.41) is 0. The van der Waals surface area contributed by atoms with Gasteiger partial charge in [0.1, 0.15) is 0 Å². The van der Waals surface area contributed by atoms with Gasteiger partial charge < -0.3 is 4.74 Å². The number of rotatable bonds is 5. The molecule has 0 unspecified atom stereocenters. The first-order chi connectivity index (χ1) is 9.70. The molecule has 2 aromatic carbocycles. The van der Waals surface area contributed by atoms with Gasteiger partial charge in [0.25, 0.3) is 0 Å². The molecule has 20 heavy (non-hydrogen) atoms. The van der Waals surface area contributed by atoms with Crippen LogP contribution in [0.3, 0.4) is 0 Å². The number of hydrogen-bond donors (Lipinski definition) is 1. The van der Waals surface area contributed by atoms with Crippen molar-refractivity contribution in [2.45, 2.75) is 24.7 Å². The van der Waals surface area contributed by atoms with Gasteiger partial charge in [0.15, 0.2) is 0 Å². The van der Waals surface area contributed by atoms with Gasteiger partial charge >= 0.3 is 5.97 Å². The molecule has 0 radical (unpaired) electrons. The first-order valence-electron chi connectivity index (χ1n) is 6.77. The molecule has 0 aromatic heterocycles. The van der Waals surface area contributed by atoms with E-state index in [1.165, 1.54) is 0 Å². The topological polar surface area (TPSA) is 26.3 Å². The van der Waals surface area contributed by atoms with Crippen molar-refractivity contribution >= 4 is 18.6 Å². The van der Waals surface area contributed by atoms with Gasteiger partial charge in [-0.25, -0.2) is 4.79 Å². The third-order valence-electron chi connectivity index (χ3n) is 2.99. The third kappa shape index (κ3) is 3.87. The molecule has 104 valence electrons. The second-order valence-electron chi connectivity index (χ2n) is 4.62. The van der Waals surface area contributed by atoms with Crippen molar-refractivity contribution in [3.63, 3.8) is 0 Å². The van der Waals surface area contributed by atoms with Gasteiger partial charge in [-0.2, -0.15) is 0 Å². The van der Waals surface area contributed by atoms with Gasteiger partial charge in [-0.15, -0.1) is 12.6 Å². The van der Waals surface area contributed by atoms with Crippen LogP contribution < -0.4 is 0 Å². The van der Waals surface area contributed by atoms with Crippen molar-refractivity contribution < 1.29 is 9.53 Å². The fourth-order valence-corrected chi connectivity index (χ4v) is 2.20. The predicted molar refractivity (Wildman–Crippen MR) is 84.3 cm³/mol. The van der Waals surface area contributed by atoms with Crippen molar-refractivity contribution in [3.8, 4) is 11.1 Å². The number of esters is 1. The quantitative estimate of drug-likeness (QED) is 0.494. The van der Waals surface area contributed by atoms with Crippen LogP contribution in [0.15, 0.2) is 53.4 Å². The van der Waals surface area contributed by atoms with E-state index >= 15 is 0 Å². The van der Waals surface area contributed by atoms with E-state index in [9.17, 15) is 4.79 Å². The summed E-state index contributed by atoms with van der Waals surface area (Å²) in [5.74, 6) is -0.286. The zero-order valence-electron chi connectivity index (χ0n) is 11.5. The number of carbonyl (C=O) groups is 1. The Hall–Kier alpha value is -1.74. The normalized spacial score (nSPS) is 10.3. The molecule has 0 bridgehead atoms. The summed E-state index contributed by atoms with van der Waals surface area (Å²) >= 11 is 4.37. The summed E-state index contributed by atoms with van der Waals surface area (Å²) in [6.45, 7) is 2.53. The largest absolute Gasteiger partial charge is 0.462 e. The zero-order valence-corrected chi connectivity index (χ0v) is 12.4. The second kappa shape index (κ2) is 7.15. The average molecular weight is 286 g/mol. The lowest BCUT2D eigenvalue weighted by atomic mass is 10.0. The highest BCUT2D eigenvalue weighted by atomic mass is 32.1. The maximum absolute atomic E-state index is 12.0. The van der Waals surface area contributed by atoms with E-state index in [2.05, 4.69) is 19.6 Å². The summed E-state index contributed by atoms with van der Waals surface area (Å²) in [6.07, 6.45) is 1.90. The van der Waals surface area contributed by atoms with Crippen LogP contribution >= 0.6 is 12.6 Å². The lowest BCUT2D eigenvalue weighted by Crippen LogP contribution is -2.06. The number of thiol groups is 1. The van der Waals surface area contributed by atoms with Crippen molar-refractivity contribution in [1.29, 1.82) is 0 Å². The van der Waals surface area contributed by atoms with Crippen LogP contribution in [0.5, 0.6) is 0 Å². The molecule has 0 spiro atoms. The Morgan fingerprint density at radius 2 is 1.85 bits per heavy atom. The molecule has 0 fully saturated rings. The second-order valence-corrected chi connectivity index (χ2v) is 5.14. The fourth-order valence-electron chi connectivity index (χ4n) is 1.92. The van der Waals surface area contributed by atoms with Crippen LogP contribution in [0.1, 0.15) is 30.1 Å². The highest BCUT2D eigenvalue weighted by Crippen LogP contribution is 2.24. The Labute approximate surface area is 125 Å². The summed E-state index contributed by atoms with van der Waals surface area (Å²) in [4.78, 5) is 12.8. The lowest BCUT2D eigenvalue weighted by molar-refractivity contribution is 0.0499. The highest BCUT2D eigenvalue weighted by molar-refractivity contribution is 7.80. The molecule has 2 rings (SSSR count). The SMILES string of the molecule is CCCCOC(=O)c1cc(S)cc(-c2ccccc2)c1. The van der Waals surface area contributed by atoms with Crippen LogP contribution in [0.2, 0.25) is 0 Å². The molecule has 0 N–H and O–H groups in total. The third-order valence-corrected chi connectivity index (χ3v) is 3.25. The summed E-state index contributed by atoms with van der Waals surface area (Å²) in [7, 11) is 0. The Morgan fingerprint density at radius 1 is 1.10 bits per heavy atom. The van der Waals surface area contributed by atoms with Crippen LogP contribution in [0.4, 0.5) is 0 Å². The Kier molecular flexibility index (Phi) is 5.24. The number of ether oxygens (including phenoxy) is 1. The molecule has 0 amide bonds. The maximum Gasteiger partial charge on any atom is 0.338 e. The first-order valence-corrected chi connectivity index (χ1v) is 7.22. The molecule has 0 saturated heterocycles. The van der Waals surface area contributed by atoms with Crippen molar-refractivity contribution in [1.82, 2.24) is 0 Å². The maximum atomic E-state index is 12.0. The van der Waals surface area contributed by atoms with Crippen LogP contribution in [-0.4, -0.2) is 12.6 Å². The standard InChI is InChI=1S/C17H18O2S/c1-2-3-9-19-17(18)15-10-14(11-16(20)12-15)13-7-5-4-6-8-13/h4-8,10-12,20H,2-3,9H2,1H3. The molecule has 3 heteroatoms. The molecular formula is C17H18O2S. The minimum Gasteiger partial charge on any atom is -0.462 e. The number of unbranched alkanes of at least 4 members (excludes halogenated alkanes) is 1. The van der Waals surface area contributed by atoms with Gasteiger partial charge in [-0.3, -0.25) is 0 Å². The molecule has 0 heterocycles. The van der Waals surface area contributed by atoms with Crippen LogP contribution in [0.25, 0.3) is 11.1 Å². The number of benzene rings is 2. The molecule has 0 saturated carbocycles. The smallest absolute Gasteiger partial charge is 0.338 e. The molecule has 0 aliphatic carbocycles. The van der Waals surface area contributed by atoms with Gasteiger partial charge in [0, 0.05) is 4.90 Å². The number of hydrogen-bond acceptors (Lipinski definition) is 3. The van der Waals surface area contributed by atoms with E-state index in [1.54, 1.807) is 6.07 Å². The van der Waals surface area contributed by atoms with E-state index in [0.717, 1.165) is 28.9 Å². The summed E-state index contributed by atoms with van der Waals surface area (Å²) < 4.78 is 5.24. The van der Waals surface area contributed by atoms with Crippen molar-refractivity contribution in [2.24, 2.45) is 0 Å². The van der Waals surface area contributed by atoms with E-state index < -0.39 is 0 Å².